The van der Waals surface area contributed by atoms with Gasteiger partial charge < -0.3 is 10.3 Å². The highest BCUT2D eigenvalue weighted by atomic mass is 79.9. The van der Waals surface area contributed by atoms with Crippen LogP contribution in [0.25, 0.3) is 11.3 Å². The molecule has 13 heavy (non-hydrogen) atoms. The number of aromatic nitrogens is 1. The fourth-order valence-corrected chi connectivity index (χ4v) is 3.76. The Balaban J connectivity index is 2.51. The molecule has 0 saturated heterocycles. The van der Waals surface area contributed by atoms with Gasteiger partial charge in [0.05, 0.1) is 7.57 Å². The van der Waals surface area contributed by atoms with E-state index < -0.39 is 0 Å². The van der Waals surface area contributed by atoms with E-state index >= 15 is 0 Å². The molecular weight excluding hydrogens is 320 g/mol. The lowest BCUT2D eigenvalue weighted by Gasteiger charge is -1.87. The predicted octanol–water partition coefficient (Wildman–Crippen LogP) is 3.51. The highest BCUT2D eigenvalue weighted by molar-refractivity contribution is 9.12. The van der Waals surface area contributed by atoms with E-state index in [0.29, 0.717) is 5.88 Å². The van der Waals surface area contributed by atoms with E-state index in [1.165, 1.54) is 0 Å². The van der Waals surface area contributed by atoms with Gasteiger partial charge in [0, 0.05) is 11.6 Å². The zero-order chi connectivity index (χ0) is 9.42. The van der Waals surface area contributed by atoms with Crippen molar-refractivity contribution in [2.24, 2.45) is 0 Å². The van der Waals surface area contributed by atoms with Gasteiger partial charge in [-0.05, 0) is 37.9 Å². The maximum atomic E-state index is 5.42. The van der Waals surface area contributed by atoms with Crippen LogP contribution in [0, 0.1) is 0 Å². The van der Waals surface area contributed by atoms with Gasteiger partial charge in [-0.3, -0.25) is 0 Å². The summed E-state index contributed by atoms with van der Waals surface area (Å²) in [5.41, 5.74) is 7.15. The molecular formula is C7H4Br2N2OS. The van der Waals surface area contributed by atoms with Gasteiger partial charge in [-0.15, -0.1) is 11.3 Å². The minimum absolute atomic E-state index is 0.323. The van der Waals surface area contributed by atoms with E-state index in [4.69, 9.17) is 10.3 Å². The van der Waals surface area contributed by atoms with E-state index in [0.717, 1.165) is 18.8 Å². The lowest BCUT2D eigenvalue weighted by molar-refractivity contribution is 0.439. The molecule has 2 aromatic heterocycles. The lowest BCUT2D eigenvalue weighted by atomic mass is 10.2. The van der Waals surface area contributed by atoms with Crippen LogP contribution in [0.3, 0.4) is 0 Å². The van der Waals surface area contributed by atoms with Crippen LogP contribution in [0.5, 0.6) is 0 Å². The van der Waals surface area contributed by atoms with Crippen molar-refractivity contribution in [1.29, 1.82) is 0 Å². The topological polar surface area (TPSA) is 52.0 Å². The van der Waals surface area contributed by atoms with Crippen molar-refractivity contribution in [2.75, 3.05) is 5.73 Å². The van der Waals surface area contributed by atoms with E-state index in [1.54, 1.807) is 17.4 Å². The summed E-state index contributed by atoms with van der Waals surface area (Å²) in [5.74, 6) is 0.323. The van der Waals surface area contributed by atoms with Crippen molar-refractivity contribution in [2.45, 2.75) is 0 Å². The van der Waals surface area contributed by atoms with E-state index in [2.05, 4.69) is 37.0 Å². The molecule has 3 nitrogen and oxygen atoms in total. The maximum absolute atomic E-state index is 5.42. The molecule has 2 heterocycles. The van der Waals surface area contributed by atoms with Gasteiger partial charge in [-0.2, -0.15) is 0 Å². The molecule has 0 fully saturated rings. The summed E-state index contributed by atoms with van der Waals surface area (Å²) >= 11 is 8.40. The van der Waals surface area contributed by atoms with Crippen LogP contribution in [0.2, 0.25) is 0 Å². The van der Waals surface area contributed by atoms with Gasteiger partial charge in [0.25, 0.3) is 0 Å². The second kappa shape index (κ2) is 3.43. The number of anilines is 1. The summed E-state index contributed by atoms with van der Waals surface area (Å²) in [5, 5.41) is 3.82. The summed E-state index contributed by atoms with van der Waals surface area (Å²) in [7, 11) is 0. The molecule has 2 rings (SSSR count). The number of nitrogen functional groups attached to an aromatic ring is 1. The fraction of sp³-hybridized carbons (Fsp3) is 0. The Bertz CT molecular complexity index is 437. The molecule has 0 atom stereocenters. The molecule has 0 spiro atoms. The molecule has 0 amide bonds. The van der Waals surface area contributed by atoms with Crippen molar-refractivity contribution in [3.63, 3.8) is 0 Å². The van der Waals surface area contributed by atoms with E-state index in [9.17, 15) is 0 Å². The third-order valence-corrected chi connectivity index (χ3v) is 3.80. The molecule has 0 saturated carbocycles. The summed E-state index contributed by atoms with van der Waals surface area (Å²) < 4.78 is 6.82. The zero-order valence-corrected chi connectivity index (χ0v) is 10.2. The molecule has 0 bridgehead atoms. The number of halogens is 2. The quantitative estimate of drug-likeness (QED) is 0.873. The van der Waals surface area contributed by atoms with Crippen LogP contribution in [-0.2, 0) is 0 Å². The summed E-state index contributed by atoms with van der Waals surface area (Å²) in [6, 6.07) is 3.66. The molecule has 0 radical (unpaired) electrons. The minimum Gasteiger partial charge on any atom is -0.368 e. The van der Waals surface area contributed by atoms with Crippen molar-refractivity contribution in [3.8, 4) is 11.3 Å². The average molecular weight is 324 g/mol. The second-order valence-electron chi connectivity index (χ2n) is 2.35. The SMILES string of the molecule is Nc1cc(-c2cc(Br)sc2Br)no1. The van der Waals surface area contributed by atoms with Crippen molar-refractivity contribution in [3.05, 3.63) is 19.7 Å². The zero-order valence-electron chi connectivity index (χ0n) is 6.25. The first-order valence-corrected chi connectivity index (χ1v) is 5.74. The van der Waals surface area contributed by atoms with Crippen molar-refractivity contribution >= 4 is 49.1 Å². The lowest BCUT2D eigenvalue weighted by Crippen LogP contribution is -1.76. The monoisotopic (exact) mass is 322 g/mol. The summed E-state index contributed by atoms with van der Waals surface area (Å²) in [4.78, 5) is 0. The second-order valence-corrected chi connectivity index (χ2v) is 6.10. The van der Waals surface area contributed by atoms with Crippen molar-refractivity contribution < 1.29 is 4.52 Å². The van der Waals surface area contributed by atoms with Crippen molar-refractivity contribution in [1.82, 2.24) is 5.16 Å². The Labute approximate surface area is 95.2 Å². The largest absolute Gasteiger partial charge is 0.368 e. The molecule has 68 valence electrons. The molecule has 6 heteroatoms. The molecule has 2 aromatic rings. The van der Waals surface area contributed by atoms with Crippen LogP contribution in [0.4, 0.5) is 5.88 Å². The Morgan fingerprint density at radius 2 is 2.15 bits per heavy atom. The van der Waals surface area contributed by atoms with Gasteiger partial charge in [-0.1, -0.05) is 5.16 Å². The first kappa shape index (κ1) is 9.23. The van der Waals surface area contributed by atoms with Gasteiger partial charge in [0.1, 0.15) is 5.69 Å². The molecule has 0 aliphatic rings. The molecule has 0 aromatic carbocycles. The van der Waals surface area contributed by atoms with Gasteiger partial charge in [0.2, 0.25) is 5.88 Å². The summed E-state index contributed by atoms with van der Waals surface area (Å²) in [6.45, 7) is 0. The van der Waals surface area contributed by atoms with Gasteiger partial charge in [0.15, 0.2) is 0 Å². The third kappa shape index (κ3) is 1.79. The van der Waals surface area contributed by atoms with Crippen LogP contribution in [0.15, 0.2) is 24.2 Å². The maximum Gasteiger partial charge on any atom is 0.222 e. The number of hydrogen-bond donors (Lipinski definition) is 1. The Hall–Kier alpha value is -0.330. The van der Waals surface area contributed by atoms with Crippen LogP contribution in [-0.4, -0.2) is 5.16 Å². The highest BCUT2D eigenvalue weighted by Crippen LogP contribution is 2.38. The molecule has 0 unspecified atom stereocenters. The van der Waals surface area contributed by atoms with Gasteiger partial charge in [-0.25, -0.2) is 0 Å². The first-order valence-electron chi connectivity index (χ1n) is 3.34. The van der Waals surface area contributed by atoms with E-state index in [1.807, 2.05) is 6.07 Å². The Morgan fingerprint density at radius 3 is 2.62 bits per heavy atom. The van der Waals surface area contributed by atoms with Crippen LogP contribution < -0.4 is 5.73 Å². The average Bonchev–Trinajstić information content (AvgIpc) is 2.58. The number of rotatable bonds is 1. The Morgan fingerprint density at radius 1 is 1.38 bits per heavy atom. The van der Waals surface area contributed by atoms with Crippen LogP contribution in [0.1, 0.15) is 0 Å². The number of nitrogens with zero attached hydrogens (tertiary/aromatic N) is 1. The molecule has 2 N–H and O–H groups in total. The van der Waals surface area contributed by atoms with Crippen LogP contribution >= 0.6 is 43.2 Å². The first-order chi connectivity index (χ1) is 6.16. The summed E-state index contributed by atoms with van der Waals surface area (Å²) in [6.07, 6.45) is 0. The smallest absolute Gasteiger partial charge is 0.222 e. The third-order valence-electron chi connectivity index (χ3n) is 1.46. The minimum atomic E-state index is 0.323. The standard InChI is InChI=1S/C7H4Br2N2OS/c8-5-1-3(7(9)13-5)4-2-6(10)12-11-4/h1-2H,10H2. The Kier molecular flexibility index (Phi) is 2.44. The molecule has 0 aliphatic heterocycles. The fourth-order valence-electron chi connectivity index (χ4n) is 0.931. The highest BCUT2D eigenvalue weighted by Gasteiger charge is 2.11. The van der Waals surface area contributed by atoms with Gasteiger partial charge >= 0.3 is 0 Å². The van der Waals surface area contributed by atoms with E-state index in [-0.39, 0.29) is 0 Å². The number of nitrogens with two attached hydrogens (primary N) is 1. The molecule has 0 aliphatic carbocycles. The number of hydrogen-bond acceptors (Lipinski definition) is 4. The predicted molar refractivity (Wildman–Crippen MR) is 59.6 cm³/mol. The number of thiophene rings is 1. The normalized spacial score (nSPS) is 10.6.